The van der Waals surface area contributed by atoms with E-state index in [1.807, 2.05) is 36.8 Å². The summed E-state index contributed by atoms with van der Waals surface area (Å²) in [6.45, 7) is 5.38. The van der Waals surface area contributed by atoms with Gasteiger partial charge in [-0.25, -0.2) is 0 Å². The maximum Gasteiger partial charge on any atom is 0.272 e. The van der Waals surface area contributed by atoms with Crippen molar-refractivity contribution in [3.05, 3.63) is 116 Å². The van der Waals surface area contributed by atoms with Crippen LogP contribution in [0, 0.1) is 34.1 Å². The number of carbonyl (C=O) groups excluding carboxylic acids is 2. The van der Waals surface area contributed by atoms with Gasteiger partial charge in [-0.1, -0.05) is 0 Å². The predicted octanol–water partition coefficient (Wildman–Crippen LogP) is 6.79. The van der Waals surface area contributed by atoms with Gasteiger partial charge in [-0.3, -0.25) is 29.8 Å². The number of hydrogen-bond donors (Lipinski definition) is 4. The second kappa shape index (κ2) is 18.4. The lowest BCUT2D eigenvalue weighted by Crippen LogP contribution is -2.45. The standard InChI is InChI=1S/2C18H20N2O5S/c2*1-12-10-13(4-9-16(12)20(23)24)19-17(21)18(2,22)11-25-14-5-7-15(26-3)8-6-14/h2*4-10,22H,11H2,1-3H3,(H,19,21). The fourth-order valence-electron chi connectivity index (χ4n) is 4.33. The van der Waals surface area contributed by atoms with Gasteiger partial charge >= 0.3 is 0 Å². The summed E-state index contributed by atoms with van der Waals surface area (Å²) in [5.74, 6) is -0.234. The molecule has 52 heavy (non-hydrogen) atoms. The smallest absolute Gasteiger partial charge is 0.272 e. The Morgan fingerprint density at radius 1 is 0.654 bits per heavy atom. The highest BCUT2D eigenvalue weighted by Crippen LogP contribution is 2.25. The number of aliphatic hydroxyl groups is 2. The van der Waals surface area contributed by atoms with E-state index in [2.05, 4.69) is 10.6 Å². The maximum atomic E-state index is 12.3. The molecular formula is C36H40N4O10S2. The molecule has 2 atom stereocenters. The third kappa shape index (κ3) is 12.0. The number of anilines is 2. The molecule has 0 radical (unpaired) electrons. The normalized spacial score (nSPS) is 12.9. The molecule has 4 N–H and O–H groups in total. The summed E-state index contributed by atoms with van der Waals surface area (Å²) in [5.41, 5.74) is -2.05. The fraction of sp³-hybridized carbons (Fsp3) is 0.278. The Kier molecular flexibility index (Phi) is 14.6. The number of nitro benzene ring substituents is 2. The molecule has 0 aliphatic carbocycles. The summed E-state index contributed by atoms with van der Waals surface area (Å²) in [5, 5.41) is 47.5. The van der Waals surface area contributed by atoms with Gasteiger partial charge in [0, 0.05) is 44.4 Å². The van der Waals surface area contributed by atoms with E-state index in [1.165, 1.54) is 50.2 Å². The molecule has 4 aromatic rings. The Labute approximate surface area is 309 Å². The van der Waals surface area contributed by atoms with E-state index in [0.717, 1.165) is 9.79 Å². The van der Waals surface area contributed by atoms with Gasteiger partial charge in [0.05, 0.1) is 9.85 Å². The second-order valence-electron chi connectivity index (χ2n) is 11.9. The Morgan fingerprint density at radius 3 is 1.25 bits per heavy atom. The first kappa shape index (κ1) is 41.3. The van der Waals surface area contributed by atoms with Crippen LogP contribution >= 0.6 is 23.5 Å². The molecule has 2 amide bonds. The number of amides is 2. The average molecular weight is 753 g/mol. The molecule has 0 aromatic heterocycles. The minimum atomic E-state index is -1.77. The van der Waals surface area contributed by atoms with Gasteiger partial charge in [0.15, 0.2) is 11.2 Å². The van der Waals surface area contributed by atoms with Crippen molar-refractivity contribution in [1.82, 2.24) is 0 Å². The number of nitro groups is 2. The zero-order valence-electron chi connectivity index (χ0n) is 29.4. The first-order chi connectivity index (χ1) is 24.4. The van der Waals surface area contributed by atoms with Crippen LogP contribution in [0.5, 0.6) is 11.5 Å². The van der Waals surface area contributed by atoms with Gasteiger partial charge in [-0.15, -0.1) is 23.5 Å². The van der Waals surface area contributed by atoms with Crippen molar-refractivity contribution < 1.29 is 39.1 Å². The van der Waals surface area contributed by atoms with Crippen LogP contribution < -0.4 is 20.1 Å². The van der Waals surface area contributed by atoms with Crippen LogP contribution in [0.15, 0.2) is 94.7 Å². The molecular weight excluding hydrogens is 713 g/mol. The first-order valence-corrected chi connectivity index (χ1v) is 18.0. The zero-order valence-corrected chi connectivity index (χ0v) is 31.0. The summed E-state index contributed by atoms with van der Waals surface area (Å²) < 4.78 is 11.0. The van der Waals surface area contributed by atoms with Crippen molar-refractivity contribution in [2.24, 2.45) is 0 Å². The topological polar surface area (TPSA) is 203 Å². The summed E-state index contributed by atoms with van der Waals surface area (Å²) in [6, 6.07) is 23.0. The van der Waals surface area contributed by atoms with Crippen molar-refractivity contribution in [1.29, 1.82) is 0 Å². The molecule has 16 heteroatoms. The Hall–Kier alpha value is -5.16. The van der Waals surface area contributed by atoms with Crippen LogP contribution in [0.4, 0.5) is 22.7 Å². The summed E-state index contributed by atoms with van der Waals surface area (Å²) >= 11 is 3.20. The van der Waals surface area contributed by atoms with Gasteiger partial charge in [0.25, 0.3) is 23.2 Å². The number of rotatable bonds is 14. The van der Waals surface area contributed by atoms with Gasteiger partial charge < -0.3 is 30.3 Å². The van der Waals surface area contributed by atoms with Crippen molar-refractivity contribution >= 4 is 58.1 Å². The minimum Gasteiger partial charge on any atom is -0.490 e. The number of ether oxygens (including phenoxy) is 2. The van der Waals surface area contributed by atoms with Crippen LogP contribution in [-0.2, 0) is 9.59 Å². The third-order valence-electron chi connectivity index (χ3n) is 7.44. The van der Waals surface area contributed by atoms with Crippen LogP contribution in [-0.4, -0.2) is 68.8 Å². The third-order valence-corrected chi connectivity index (χ3v) is 8.93. The maximum absolute atomic E-state index is 12.3. The number of nitrogens with one attached hydrogen (secondary N) is 2. The van der Waals surface area contributed by atoms with Gasteiger partial charge in [0.1, 0.15) is 24.7 Å². The molecule has 0 fully saturated rings. The van der Waals surface area contributed by atoms with Crippen molar-refractivity contribution in [2.45, 2.75) is 48.7 Å². The van der Waals surface area contributed by atoms with Gasteiger partial charge in [0.2, 0.25) is 0 Å². The highest BCUT2D eigenvalue weighted by atomic mass is 32.2. The van der Waals surface area contributed by atoms with E-state index in [9.17, 15) is 40.0 Å². The number of carbonyl (C=O) groups is 2. The minimum absolute atomic E-state index is 0.0354. The zero-order chi connectivity index (χ0) is 38.6. The van der Waals surface area contributed by atoms with E-state index in [0.29, 0.717) is 34.0 Å². The Morgan fingerprint density at radius 2 is 0.981 bits per heavy atom. The number of aryl methyl sites for hydroxylation is 2. The number of nitrogens with zero attached hydrogens (tertiary/aromatic N) is 2. The first-order valence-electron chi connectivity index (χ1n) is 15.6. The van der Waals surface area contributed by atoms with Crippen LogP contribution in [0.2, 0.25) is 0 Å². The van der Waals surface area contributed by atoms with Crippen LogP contribution in [0.1, 0.15) is 25.0 Å². The lowest BCUT2D eigenvalue weighted by atomic mass is 10.1. The molecule has 0 spiro atoms. The largest absolute Gasteiger partial charge is 0.490 e. The van der Waals surface area contributed by atoms with Crippen LogP contribution in [0.25, 0.3) is 0 Å². The highest BCUT2D eigenvalue weighted by molar-refractivity contribution is 7.98. The molecule has 4 aromatic carbocycles. The molecule has 0 aliphatic heterocycles. The fourth-order valence-corrected chi connectivity index (χ4v) is 5.15. The molecule has 14 nitrogen and oxygen atoms in total. The van der Waals surface area contributed by atoms with Crippen molar-refractivity contribution in [2.75, 3.05) is 36.4 Å². The van der Waals surface area contributed by atoms with E-state index in [4.69, 9.17) is 9.47 Å². The summed E-state index contributed by atoms with van der Waals surface area (Å²) in [7, 11) is 0. The van der Waals surface area contributed by atoms with Crippen LogP contribution in [0.3, 0.4) is 0 Å². The quantitative estimate of drug-likeness (QED) is 0.0598. The Balaban J connectivity index is 0.000000280. The van der Waals surface area contributed by atoms with Gasteiger partial charge in [-0.2, -0.15) is 0 Å². The molecule has 276 valence electrons. The monoisotopic (exact) mass is 752 g/mol. The lowest BCUT2D eigenvalue weighted by molar-refractivity contribution is -0.385. The number of thioether (sulfide) groups is 2. The summed E-state index contributed by atoms with van der Waals surface area (Å²) in [6.07, 6.45) is 3.93. The molecule has 0 heterocycles. The molecule has 0 saturated heterocycles. The number of benzene rings is 4. The molecule has 0 bridgehead atoms. The summed E-state index contributed by atoms with van der Waals surface area (Å²) in [4.78, 5) is 47.5. The second-order valence-corrected chi connectivity index (χ2v) is 13.7. The highest BCUT2D eigenvalue weighted by Gasteiger charge is 2.33. The van der Waals surface area contributed by atoms with E-state index >= 15 is 0 Å². The SMILES string of the molecule is CSc1ccc(OCC(C)(O)C(=O)Nc2ccc([N+](=O)[O-])c(C)c2)cc1.CSc1ccc(OCC(C)(O)C(=O)Nc2ccc([N+](=O)[O-])c(C)c2)cc1. The van der Waals surface area contributed by atoms with E-state index in [1.54, 1.807) is 61.6 Å². The molecule has 2 unspecified atom stereocenters. The van der Waals surface area contributed by atoms with Crippen molar-refractivity contribution in [3.8, 4) is 11.5 Å². The van der Waals surface area contributed by atoms with Gasteiger partial charge in [-0.05, 0) is 113 Å². The predicted molar refractivity (Wildman–Crippen MR) is 202 cm³/mol. The lowest BCUT2D eigenvalue weighted by Gasteiger charge is -2.22. The molecule has 0 aliphatic rings. The Bertz CT molecular complexity index is 1750. The molecule has 4 rings (SSSR count). The van der Waals surface area contributed by atoms with E-state index < -0.39 is 32.9 Å². The van der Waals surface area contributed by atoms with Crippen molar-refractivity contribution in [3.63, 3.8) is 0 Å². The molecule has 0 saturated carbocycles. The average Bonchev–Trinajstić information content (AvgIpc) is 3.10. The number of hydrogen-bond acceptors (Lipinski definition) is 12. The van der Waals surface area contributed by atoms with E-state index in [-0.39, 0.29) is 24.6 Å².